The molecule has 2 aromatic rings. The fourth-order valence-electron chi connectivity index (χ4n) is 1.58. The molecule has 6 nitrogen and oxygen atoms in total. The van der Waals surface area contributed by atoms with Crippen LogP contribution in [0.15, 0.2) is 23.4 Å². The standard InChI is InChI=1S/C11H12N2O4S2/c1-7-8(3-10(18-7)11(14)15)5-13-6-9(4-12-13)19(2,16)17/h3-4,6H,5H2,1-2H3,(H,14,15). The molecule has 0 unspecified atom stereocenters. The van der Waals surface area contributed by atoms with E-state index in [9.17, 15) is 13.2 Å². The van der Waals surface area contributed by atoms with Crippen LogP contribution in [0.2, 0.25) is 0 Å². The van der Waals surface area contributed by atoms with E-state index >= 15 is 0 Å². The molecule has 2 rings (SSSR count). The van der Waals surface area contributed by atoms with Gasteiger partial charge in [-0.2, -0.15) is 5.10 Å². The van der Waals surface area contributed by atoms with Gasteiger partial charge in [-0.15, -0.1) is 11.3 Å². The van der Waals surface area contributed by atoms with Gasteiger partial charge in [0.1, 0.15) is 9.77 Å². The van der Waals surface area contributed by atoms with Crippen molar-refractivity contribution in [3.8, 4) is 0 Å². The van der Waals surface area contributed by atoms with Crippen LogP contribution in [0.3, 0.4) is 0 Å². The van der Waals surface area contributed by atoms with E-state index in [2.05, 4.69) is 5.10 Å². The van der Waals surface area contributed by atoms with E-state index in [1.165, 1.54) is 28.4 Å². The van der Waals surface area contributed by atoms with E-state index in [0.29, 0.717) is 6.54 Å². The van der Waals surface area contributed by atoms with E-state index in [0.717, 1.165) is 16.7 Å². The SMILES string of the molecule is Cc1sc(C(=O)O)cc1Cn1cc(S(C)(=O)=O)cn1. The number of thiophene rings is 1. The molecule has 102 valence electrons. The molecule has 8 heteroatoms. The van der Waals surface area contributed by atoms with Gasteiger partial charge in [-0.1, -0.05) is 0 Å². The van der Waals surface area contributed by atoms with Crippen LogP contribution < -0.4 is 0 Å². The van der Waals surface area contributed by atoms with Crippen molar-refractivity contribution in [1.29, 1.82) is 0 Å². The highest BCUT2D eigenvalue weighted by atomic mass is 32.2. The first-order chi connectivity index (χ1) is 8.77. The lowest BCUT2D eigenvalue weighted by Gasteiger charge is -1.99. The molecule has 2 aromatic heterocycles. The zero-order chi connectivity index (χ0) is 14.2. The summed E-state index contributed by atoms with van der Waals surface area (Å²) in [6.07, 6.45) is 3.84. The topological polar surface area (TPSA) is 89.3 Å². The Hall–Kier alpha value is -1.67. The van der Waals surface area contributed by atoms with Crippen LogP contribution in [0.1, 0.15) is 20.1 Å². The van der Waals surface area contributed by atoms with Gasteiger partial charge in [0.2, 0.25) is 0 Å². The van der Waals surface area contributed by atoms with E-state index in [1.54, 1.807) is 6.07 Å². The lowest BCUT2D eigenvalue weighted by atomic mass is 10.2. The maximum Gasteiger partial charge on any atom is 0.345 e. The predicted octanol–water partition coefficient (Wildman–Crippen LogP) is 1.40. The summed E-state index contributed by atoms with van der Waals surface area (Å²) in [5.74, 6) is -0.961. The second-order valence-corrected chi connectivity index (χ2v) is 7.42. The molecule has 0 fully saturated rings. The quantitative estimate of drug-likeness (QED) is 0.922. The second-order valence-electron chi connectivity index (χ2n) is 4.14. The van der Waals surface area contributed by atoms with Crippen LogP contribution >= 0.6 is 11.3 Å². The van der Waals surface area contributed by atoms with Crippen LogP contribution in [0, 0.1) is 6.92 Å². The molecule has 0 saturated heterocycles. The van der Waals surface area contributed by atoms with Crippen molar-refractivity contribution in [3.63, 3.8) is 0 Å². The molecule has 0 aromatic carbocycles. The molecular formula is C11H12N2O4S2. The van der Waals surface area contributed by atoms with Gasteiger partial charge in [0.05, 0.1) is 12.7 Å². The van der Waals surface area contributed by atoms with Crippen molar-refractivity contribution in [2.24, 2.45) is 0 Å². The lowest BCUT2D eigenvalue weighted by Crippen LogP contribution is -2.01. The van der Waals surface area contributed by atoms with Crippen molar-refractivity contribution in [3.05, 3.63) is 33.8 Å². The molecule has 0 amide bonds. The molecule has 0 spiro atoms. The summed E-state index contributed by atoms with van der Waals surface area (Å²) in [7, 11) is -3.27. The molecule has 0 atom stereocenters. The molecular weight excluding hydrogens is 288 g/mol. The average Bonchev–Trinajstić information content (AvgIpc) is 2.86. The molecule has 0 saturated carbocycles. The predicted molar refractivity (Wildman–Crippen MR) is 70.5 cm³/mol. The third-order valence-corrected chi connectivity index (χ3v) is 4.75. The average molecular weight is 300 g/mol. The molecule has 19 heavy (non-hydrogen) atoms. The third kappa shape index (κ3) is 3.02. The number of aromatic carboxylic acids is 1. The Morgan fingerprint density at radius 3 is 2.68 bits per heavy atom. The number of carboxylic acids is 1. The van der Waals surface area contributed by atoms with E-state index in [4.69, 9.17) is 5.11 Å². The first kappa shape index (κ1) is 13.8. The van der Waals surface area contributed by atoms with E-state index in [-0.39, 0.29) is 9.77 Å². The number of carbonyl (C=O) groups is 1. The Balaban J connectivity index is 2.27. The Labute approximate surface area is 114 Å². The summed E-state index contributed by atoms with van der Waals surface area (Å²) in [6.45, 7) is 2.18. The first-order valence-electron chi connectivity index (χ1n) is 5.32. The van der Waals surface area contributed by atoms with Crippen LogP contribution in [0.25, 0.3) is 0 Å². The molecule has 0 aliphatic rings. The van der Waals surface area contributed by atoms with Gasteiger partial charge in [0.25, 0.3) is 0 Å². The highest BCUT2D eigenvalue weighted by molar-refractivity contribution is 7.90. The van der Waals surface area contributed by atoms with Crippen molar-refractivity contribution in [2.45, 2.75) is 18.4 Å². The van der Waals surface area contributed by atoms with Crippen LogP contribution in [-0.2, 0) is 16.4 Å². The second kappa shape index (κ2) is 4.78. The minimum absolute atomic E-state index is 0.152. The first-order valence-corrected chi connectivity index (χ1v) is 8.03. The van der Waals surface area contributed by atoms with Gasteiger partial charge in [-0.3, -0.25) is 4.68 Å². The van der Waals surface area contributed by atoms with Crippen LogP contribution in [0.4, 0.5) is 0 Å². The highest BCUT2D eigenvalue weighted by Gasteiger charge is 2.13. The normalized spacial score (nSPS) is 11.7. The van der Waals surface area contributed by atoms with Gasteiger partial charge in [0.15, 0.2) is 9.84 Å². The van der Waals surface area contributed by atoms with Crippen molar-refractivity contribution >= 4 is 27.1 Å². The number of sulfone groups is 1. The van der Waals surface area contributed by atoms with Gasteiger partial charge >= 0.3 is 5.97 Å². The molecule has 0 aliphatic carbocycles. The van der Waals surface area contributed by atoms with E-state index in [1.807, 2.05) is 6.92 Å². The molecule has 0 aliphatic heterocycles. The summed E-state index contributed by atoms with van der Waals surface area (Å²) in [5.41, 5.74) is 0.825. The zero-order valence-electron chi connectivity index (χ0n) is 10.3. The van der Waals surface area contributed by atoms with Crippen molar-refractivity contribution in [1.82, 2.24) is 9.78 Å². The summed E-state index contributed by atoms with van der Waals surface area (Å²) in [5, 5.41) is 12.9. The summed E-state index contributed by atoms with van der Waals surface area (Å²) < 4.78 is 24.1. The largest absolute Gasteiger partial charge is 0.477 e. The van der Waals surface area contributed by atoms with Crippen LogP contribution in [0.5, 0.6) is 0 Å². The van der Waals surface area contributed by atoms with Gasteiger partial charge in [0, 0.05) is 17.3 Å². The van der Waals surface area contributed by atoms with Crippen molar-refractivity contribution in [2.75, 3.05) is 6.26 Å². The number of hydrogen-bond donors (Lipinski definition) is 1. The number of nitrogens with zero attached hydrogens (tertiary/aromatic N) is 2. The number of aromatic nitrogens is 2. The van der Waals surface area contributed by atoms with Gasteiger partial charge < -0.3 is 5.11 Å². The fourth-order valence-corrected chi connectivity index (χ4v) is 3.00. The minimum atomic E-state index is -3.27. The van der Waals surface area contributed by atoms with Gasteiger partial charge in [-0.05, 0) is 18.6 Å². The smallest absolute Gasteiger partial charge is 0.345 e. The number of aryl methyl sites for hydroxylation is 1. The number of rotatable bonds is 4. The van der Waals surface area contributed by atoms with Gasteiger partial charge in [-0.25, -0.2) is 13.2 Å². The zero-order valence-corrected chi connectivity index (χ0v) is 12.0. The molecule has 1 N–H and O–H groups in total. The third-order valence-electron chi connectivity index (χ3n) is 2.60. The van der Waals surface area contributed by atoms with Crippen molar-refractivity contribution < 1.29 is 18.3 Å². The molecule has 0 bridgehead atoms. The molecule has 0 radical (unpaired) electrons. The Morgan fingerprint density at radius 1 is 1.53 bits per heavy atom. The van der Waals surface area contributed by atoms with Crippen LogP contribution in [-0.4, -0.2) is 35.5 Å². The number of carboxylic acid groups (broad SMARTS) is 1. The number of hydrogen-bond acceptors (Lipinski definition) is 5. The van der Waals surface area contributed by atoms with E-state index < -0.39 is 15.8 Å². The fraction of sp³-hybridized carbons (Fsp3) is 0.273. The Bertz CT molecular complexity index is 728. The molecule has 2 heterocycles. The summed E-state index contributed by atoms with van der Waals surface area (Å²) in [4.78, 5) is 12.2. The summed E-state index contributed by atoms with van der Waals surface area (Å²) >= 11 is 1.20. The maximum atomic E-state index is 11.3. The maximum absolute atomic E-state index is 11.3. The highest BCUT2D eigenvalue weighted by Crippen LogP contribution is 2.22. The summed E-state index contributed by atoms with van der Waals surface area (Å²) in [6, 6.07) is 1.59. The minimum Gasteiger partial charge on any atom is -0.477 e. The lowest BCUT2D eigenvalue weighted by molar-refractivity contribution is 0.0702. The monoisotopic (exact) mass is 300 g/mol. The Morgan fingerprint density at radius 2 is 2.21 bits per heavy atom. The Kier molecular flexibility index (Phi) is 3.46.